The first-order valence-corrected chi connectivity index (χ1v) is 11.5. The van der Waals surface area contributed by atoms with Crippen LogP contribution in [-0.4, -0.2) is 6.11 Å². The van der Waals surface area contributed by atoms with Gasteiger partial charge in [-0.2, -0.15) is 30.7 Å². The Morgan fingerprint density at radius 3 is 1.79 bits per heavy atom. The van der Waals surface area contributed by atoms with Crippen LogP contribution in [0.25, 0.3) is 0 Å². The Hall–Kier alpha value is -2.99. The van der Waals surface area contributed by atoms with E-state index in [0.29, 0.717) is 18.8 Å². The number of alkyl halides is 4. The minimum Gasteiger partial charge on any atom is -0.429 e. The lowest BCUT2D eigenvalue weighted by Crippen LogP contribution is -2.28. The molecule has 1 aliphatic carbocycles. The molecule has 0 spiro atoms. The highest BCUT2D eigenvalue weighted by Gasteiger charge is 2.45. The number of ether oxygens (including phenoxy) is 2. The van der Waals surface area contributed by atoms with E-state index in [1.165, 1.54) is 0 Å². The summed E-state index contributed by atoms with van der Waals surface area (Å²) in [6.07, 6.45) is -9.01. The minimum atomic E-state index is -5.50. The number of rotatable bonds is 9. The second kappa shape index (κ2) is 11.4. The molecule has 0 aliphatic heterocycles. The molecular formula is C25H21F11O2. The molecule has 0 amide bonds. The second-order valence-electron chi connectivity index (χ2n) is 8.89. The first-order valence-electron chi connectivity index (χ1n) is 11.5. The molecule has 13 heteroatoms. The van der Waals surface area contributed by atoms with Crippen molar-refractivity contribution in [3.63, 3.8) is 0 Å². The van der Waals surface area contributed by atoms with E-state index in [4.69, 9.17) is 0 Å². The summed E-state index contributed by atoms with van der Waals surface area (Å²) in [5.41, 5.74) is -1.70. The standard InChI is InChI=1S/C25H21F11O2/c1-2-3-12-4-6-13(7-5-12)14-8-16(26)20(17(27)9-14)24(33,34)37-15-10-18(28)21(19(29)11-15)38-25(35,36)22(30)23(31)32/h8-13H,2-7H2,1H3. The van der Waals surface area contributed by atoms with Gasteiger partial charge in [0, 0.05) is 12.1 Å². The van der Waals surface area contributed by atoms with Crippen molar-refractivity contribution in [2.45, 2.75) is 63.6 Å². The topological polar surface area (TPSA) is 18.5 Å². The highest BCUT2D eigenvalue weighted by atomic mass is 19.3. The van der Waals surface area contributed by atoms with Crippen molar-refractivity contribution in [3.05, 3.63) is 70.6 Å². The molecule has 0 saturated heterocycles. The van der Waals surface area contributed by atoms with Crippen LogP contribution in [0.5, 0.6) is 11.5 Å². The first kappa shape index (κ1) is 29.6. The van der Waals surface area contributed by atoms with Crippen LogP contribution in [0, 0.1) is 29.2 Å². The maximum atomic E-state index is 14.7. The van der Waals surface area contributed by atoms with Crippen LogP contribution < -0.4 is 9.47 Å². The van der Waals surface area contributed by atoms with Crippen molar-refractivity contribution >= 4 is 0 Å². The molecule has 0 heterocycles. The predicted molar refractivity (Wildman–Crippen MR) is 113 cm³/mol. The van der Waals surface area contributed by atoms with Crippen LogP contribution in [0.3, 0.4) is 0 Å². The normalized spacial score (nSPS) is 18.3. The number of hydrogen-bond donors (Lipinski definition) is 0. The second-order valence-corrected chi connectivity index (χ2v) is 8.89. The molecule has 0 radical (unpaired) electrons. The number of halogens is 11. The van der Waals surface area contributed by atoms with Crippen LogP contribution in [-0.2, 0) is 6.11 Å². The molecule has 38 heavy (non-hydrogen) atoms. The fourth-order valence-electron chi connectivity index (χ4n) is 4.47. The highest BCUT2D eigenvalue weighted by Crippen LogP contribution is 2.42. The Kier molecular flexibility index (Phi) is 8.87. The van der Waals surface area contributed by atoms with E-state index in [2.05, 4.69) is 9.47 Å². The molecule has 2 aromatic carbocycles. The monoisotopic (exact) mass is 562 g/mol. The van der Waals surface area contributed by atoms with Gasteiger partial charge < -0.3 is 9.47 Å². The van der Waals surface area contributed by atoms with Gasteiger partial charge in [-0.3, -0.25) is 0 Å². The fraction of sp³-hybridized carbons (Fsp3) is 0.440. The molecule has 2 aromatic rings. The molecule has 1 fully saturated rings. The highest BCUT2D eigenvalue weighted by molar-refractivity contribution is 5.37. The van der Waals surface area contributed by atoms with Gasteiger partial charge in [0.05, 0.1) is 0 Å². The molecule has 210 valence electrons. The van der Waals surface area contributed by atoms with Crippen LogP contribution in [0.1, 0.15) is 62.5 Å². The zero-order valence-corrected chi connectivity index (χ0v) is 19.7. The number of benzene rings is 2. The van der Waals surface area contributed by atoms with Crippen molar-refractivity contribution in [1.82, 2.24) is 0 Å². The summed E-state index contributed by atoms with van der Waals surface area (Å²) in [5.74, 6) is -14.5. The van der Waals surface area contributed by atoms with E-state index >= 15 is 0 Å². The van der Waals surface area contributed by atoms with Gasteiger partial charge in [0.25, 0.3) is 5.83 Å². The summed E-state index contributed by atoms with van der Waals surface area (Å²) < 4.78 is 158. The van der Waals surface area contributed by atoms with Crippen molar-refractivity contribution in [2.24, 2.45) is 5.92 Å². The zero-order valence-electron chi connectivity index (χ0n) is 19.7. The van der Waals surface area contributed by atoms with Gasteiger partial charge in [0.1, 0.15) is 22.9 Å². The summed E-state index contributed by atoms with van der Waals surface area (Å²) in [6, 6.07) is 1.17. The smallest absolute Gasteiger partial charge is 0.429 e. The summed E-state index contributed by atoms with van der Waals surface area (Å²) in [6.45, 7) is 2.04. The SMILES string of the molecule is CCCC1CCC(c2cc(F)c(C(F)(F)Oc3cc(F)c(OC(F)(F)C(F)=C(F)F)c(F)c3)c(F)c2)CC1. The molecule has 1 aliphatic rings. The lowest BCUT2D eigenvalue weighted by atomic mass is 9.77. The first-order chi connectivity index (χ1) is 17.7. The minimum absolute atomic E-state index is 0.144. The molecule has 2 nitrogen and oxygen atoms in total. The lowest BCUT2D eigenvalue weighted by Gasteiger charge is -2.29. The van der Waals surface area contributed by atoms with Crippen LogP contribution >= 0.6 is 0 Å². The Morgan fingerprint density at radius 2 is 1.32 bits per heavy atom. The average Bonchev–Trinajstić information content (AvgIpc) is 2.80. The molecule has 0 atom stereocenters. The molecule has 3 rings (SSSR count). The van der Waals surface area contributed by atoms with Crippen LogP contribution in [0.2, 0.25) is 0 Å². The van der Waals surface area contributed by atoms with E-state index < -0.39 is 64.5 Å². The third kappa shape index (κ3) is 6.52. The largest absolute Gasteiger partial charge is 0.459 e. The molecule has 0 N–H and O–H groups in total. The van der Waals surface area contributed by atoms with E-state index in [1.807, 2.05) is 6.92 Å². The van der Waals surface area contributed by atoms with E-state index in [0.717, 1.165) is 37.8 Å². The third-order valence-corrected chi connectivity index (χ3v) is 6.24. The number of hydrogen-bond acceptors (Lipinski definition) is 2. The van der Waals surface area contributed by atoms with Gasteiger partial charge in [0.15, 0.2) is 17.4 Å². The van der Waals surface area contributed by atoms with Gasteiger partial charge >= 0.3 is 18.3 Å². The van der Waals surface area contributed by atoms with Gasteiger partial charge in [-0.25, -0.2) is 17.6 Å². The van der Waals surface area contributed by atoms with Gasteiger partial charge in [-0.05, 0) is 55.2 Å². The van der Waals surface area contributed by atoms with Crippen LogP contribution in [0.4, 0.5) is 48.3 Å². The molecule has 0 aromatic heterocycles. The van der Waals surface area contributed by atoms with Gasteiger partial charge in [-0.15, -0.1) is 0 Å². The van der Waals surface area contributed by atoms with E-state index in [-0.39, 0.29) is 23.6 Å². The van der Waals surface area contributed by atoms with Gasteiger partial charge in [-0.1, -0.05) is 19.8 Å². The Balaban J connectivity index is 1.82. The van der Waals surface area contributed by atoms with Crippen molar-refractivity contribution < 1.29 is 57.8 Å². The molecule has 0 bridgehead atoms. The third-order valence-electron chi connectivity index (χ3n) is 6.24. The van der Waals surface area contributed by atoms with E-state index in [9.17, 15) is 48.3 Å². The molecule has 1 saturated carbocycles. The summed E-state index contributed by atoms with van der Waals surface area (Å²) in [7, 11) is 0. The van der Waals surface area contributed by atoms with Gasteiger partial charge in [0.2, 0.25) is 0 Å². The van der Waals surface area contributed by atoms with Crippen molar-refractivity contribution in [2.75, 3.05) is 0 Å². The quantitative estimate of drug-likeness (QED) is 0.284. The van der Waals surface area contributed by atoms with Crippen molar-refractivity contribution in [1.29, 1.82) is 0 Å². The van der Waals surface area contributed by atoms with Crippen LogP contribution in [0.15, 0.2) is 36.2 Å². The Morgan fingerprint density at radius 1 is 0.789 bits per heavy atom. The van der Waals surface area contributed by atoms with E-state index in [1.54, 1.807) is 0 Å². The lowest BCUT2D eigenvalue weighted by molar-refractivity contribution is -0.190. The maximum Gasteiger partial charge on any atom is 0.459 e. The summed E-state index contributed by atoms with van der Waals surface area (Å²) in [5, 5.41) is 0. The molecule has 0 unspecified atom stereocenters. The summed E-state index contributed by atoms with van der Waals surface area (Å²) >= 11 is 0. The van der Waals surface area contributed by atoms with Crippen molar-refractivity contribution in [3.8, 4) is 11.5 Å². The predicted octanol–water partition coefficient (Wildman–Crippen LogP) is 9.49. The Labute approximate surface area is 210 Å². The fourth-order valence-corrected chi connectivity index (χ4v) is 4.47. The molecular weight excluding hydrogens is 541 g/mol. The summed E-state index contributed by atoms with van der Waals surface area (Å²) in [4.78, 5) is 0. The Bertz CT molecular complexity index is 1140. The average molecular weight is 562 g/mol. The maximum absolute atomic E-state index is 14.7. The zero-order chi connectivity index (χ0) is 28.4.